The topological polar surface area (TPSA) is 29.1 Å². The number of fused-ring (bicyclic) bond motifs is 3. The molecule has 3 rings (SSSR count). The van der Waals surface area contributed by atoms with Gasteiger partial charge in [-0.2, -0.15) is 0 Å². The summed E-state index contributed by atoms with van der Waals surface area (Å²) in [6.45, 7) is 4.51. The number of allylic oxidation sites excluding steroid dienone is 1. The molecular weight excluding hydrogens is 246 g/mol. The standard InChI is InChI=1S/C18H29NO/c1-3-11-18(2)16-9-7-13-5-4-6-14(13)15(16)8-10-17(18)19-12-20/h3,11-17H,4-10H2,1-2H3,(H,19,20)/b11-3-. The van der Waals surface area contributed by atoms with E-state index in [9.17, 15) is 4.79 Å². The molecule has 0 heterocycles. The van der Waals surface area contributed by atoms with Crippen LogP contribution in [0.25, 0.3) is 0 Å². The van der Waals surface area contributed by atoms with Gasteiger partial charge in [0.2, 0.25) is 6.41 Å². The maximum absolute atomic E-state index is 11.0. The lowest BCUT2D eigenvalue weighted by Gasteiger charge is -2.55. The van der Waals surface area contributed by atoms with Crippen molar-refractivity contribution >= 4 is 6.41 Å². The quantitative estimate of drug-likeness (QED) is 0.614. The average molecular weight is 275 g/mol. The Labute approximate surface area is 123 Å². The minimum absolute atomic E-state index is 0.159. The van der Waals surface area contributed by atoms with Crippen LogP contribution in [0.5, 0.6) is 0 Å². The largest absolute Gasteiger partial charge is 0.355 e. The van der Waals surface area contributed by atoms with Gasteiger partial charge in [-0.15, -0.1) is 0 Å². The fourth-order valence-corrected chi connectivity index (χ4v) is 5.95. The molecule has 3 aliphatic carbocycles. The highest BCUT2D eigenvalue weighted by molar-refractivity contribution is 5.47. The molecular formula is C18H29NO. The highest BCUT2D eigenvalue weighted by atomic mass is 16.1. The number of carbonyl (C=O) groups excluding carboxylic acids is 1. The summed E-state index contributed by atoms with van der Waals surface area (Å²) in [4.78, 5) is 11.0. The zero-order valence-corrected chi connectivity index (χ0v) is 13.0. The van der Waals surface area contributed by atoms with Gasteiger partial charge in [-0.25, -0.2) is 0 Å². The van der Waals surface area contributed by atoms with E-state index in [0.717, 1.165) is 36.5 Å². The molecule has 3 fully saturated rings. The molecule has 1 amide bonds. The average Bonchev–Trinajstić information content (AvgIpc) is 2.91. The highest BCUT2D eigenvalue weighted by Gasteiger charge is 2.52. The van der Waals surface area contributed by atoms with E-state index < -0.39 is 0 Å². The summed E-state index contributed by atoms with van der Waals surface area (Å²) in [7, 11) is 0. The minimum atomic E-state index is 0.159. The van der Waals surface area contributed by atoms with Crippen LogP contribution in [0.3, 0.4) is 0 Å². The van der Waals surface area contributed by atoms with Crippen molar-refractivity contribution in [1.82, 2.24) is 5.32 Å². The lowest BCUT2D eigenvalue weighted by atomic mass is 9.52. The van der Waals surface area contributed by atoms with Crippen molar-refractivity contribution in [3.8, 4) is 0 Å². The monoisotopic (exact) mass is 275 g/mol. The van der Waals surface area contributed by atoms with Gasteiger partial charge < -0.3 is 5.32 Å². The molecule has 6 unspecified atom stereocenters. The predicted molar refractivity (Wildman–Crippen MR) is 82.2 cm³/mol. The number of hydrogen-bond donors (Lipinski definition) is 1. The third kappa shape index (κ3) is 2.12. The molecule has 0 aromatic heterocycles. The van der Waals surface area contributed by atoms with Gasteiger partial charge in [0.1, 0.15) is 0 Å². The van der Waals surface area contributed by atoms with E-state index in [2.05, 4.69) is 31.3 Å². The molecule has 2 nitrogen and oxygen atoms in total. The smallest absolute Gasteiger partial charge is 0.207 e. The van der Waals surface area contributed by atoms with Crippen LogP contribution >= 0.6 is 0 Å². The lowest BCUT2D eigenvalue weighted by molar-refractivity contribution is -0.112. The number of amides is 1. The molecule has 0 aromatic carbocycles. The summed E-state index contributed by atoms with van der Waals surface area (Å²) < 4.78 is 0. The van der Waals surface area contributed by atoms with Crippen molar-refractivity contribution < 1.29 is 4.79 Å². The van der Waals surface area contributed by atoms with E-state index in [4.69, 9.17) is 0 Å². The van der Waals surface area contributed by atoms with Gasteiger partial charge in [0, 0.05) is 11.5 Å². The fourth-order valence-electron chi connectivity index (χ4n) is 5.95. The molecule has 20 heavy (non-hydrogen) atoms. The maximum atomic E-state index is 11.0. The molecule has 0 spiro atoms. The first-order valence-corrected chi connectivity index (χ1v) is 8.54. The van der Waals surface area contributed by atoms with Gasteiger partial charge in [-0.1, -0.05) is 31.9 Å². The van der Waals surface area contributed by atoms with E-state index in [1.54, 1.807) is 0 Å². The van der Waals surface area contributed by atoms with E-state index >= 15 is 0 Å². The summed E-state index contributed by atoms with van der Waals surface area (Å²) in [5.41, 5.74) is 0.159. The van der Waals surface area contributed by atoms with E-state index in [0.29, 0.717) is 6.04 Å². The van der Waals surface area contributed by atoms with Crippen molar-refractivity contribution in [3.63, 3.8) is 0 Å². The maximum Gasteiger partial charge on any atom is 0.207 e. The van der Waals surface area contributed by atoms with E-state index in [1.165, 1.54) is 38.5 Å². The van der Waals surface area contributed by atoms with Crippen LogP contribution < -0.4 is 5.32 Å². The summed E-state index contributed by atoms with van der Waals surface area (Å²) in [6, 6.07) is 0.329. The fraction of sp³-hybridized carbons (Fsp3) is 0.833. The number of nitrogens with one attached hydrogen (secondary N) is 1. The van der Waals surface area contributed by atoms with Gasteiger partial charge in [-0.3, -0.25) is 4.79 Å². The first kappa shape index (κ1) is 14.2. The Hall–Kier alpha value is -0.790. The summed E-state index contributed by atoms with van der Waals surface area (Å²) in [5.74, 6) is 3.67. The molecule has 1 N–H and O–H groups in total. The summed E-state index contributed by atoms with van der Waals surface area (Å²) in [5, 5.41) is 3.12. The summed E-state index contributed by atoms with van der Waals surface area (Å²) >= 11 is 0. The molecule has 0 saturated heterocycles. The van der Waals surface area contributed by atoms with Crippen LogP contribution in [0.1, 0.15) is 58.8 Å². The Morgan fingerprint density at radius 1 is 1.05 bits per heavy atom. The molecule has 3 saturated carbocycles. The van der Waals surface area contributed by atoms with E-state index in [-0.39, 0.29) is 5.41 Å². The Balaban J connectivity index is 1.88. The summed E-state index contributed by atoms with van der Waals surface area (Å²) in [6.07, 6.45) is 15.2. The normalized spacial score (nSPS) is 47.8. The zero-order chi connectivity index (χ0) is 14.2. The Morgan fingerprint density at radius 3 is 2.65 bits per heavy atom. The van der Waals surface area contributed by atoms with Crippen molar-refractivity contribution in [2.75, 3.05) is 0 Å². The molecule has 0 bridgehead atoms. The van der Waals surface area contributed by atoms with Crippen LogP contribution in [0, 0.1) is 29.1 Å². The molecule has 6 atom stereocenters. The van der Waals surface area contributed by atoms with Crippen LogP contribution in [-0.2, 0) is 4.79 Å². The van der Waals surface area contributed by atoms with Crippen molar-refractivity contribution in [1.29, 1.82) is 0 Å². The third-order valence-corrected chi connectivity index (χ3v) is 6.77. The van der Waals surface area contributed by atoms with Crippen LogP contribution in [0.4, 0.5) is 0 Å². The van der Waals surface area contributed by atoms with Crippen molar-refractivity contribution in [2.24, 2.45) is 29.1 Å². The van der Waals surface area contributed by atoms with Crippen LogP contribution in [-0.4, -0.2) is 12.5 Å². The van der Waals surface area contributed by atoms with Crippen LogP contribution in [0.2, 0.25) is 0 Å². The molecule has 2 heteroatoms. The van der Waals surface area contributed by atoms with Gasteiger partial charge in [0.05, 0.1) is 0 Å². The van der Waals surface area contributed by atoms with Crippen molar-refractivity contribution in [3.05, 3.63) is 12.2 Å². The Bertz CT molecular complexity index is 391. The first-order chi connectivity index (χ1) is 9.70. The second kappa shape index (κ2) is 5.54. The molecule has 3 aliphatic rings. The lowest BCUT2D eigenvalue weighted by Crippen LogP contribution is -2.55. The molecule has 112 valence electrons. The second-order valence-electron chi connectivity index (χ2n) is 7.48. The molecule has 0 aromatic rings. The number of rotatable bonds is 3. The van der Waals surface area contributed by atoms with Crippen LogP contribution in [0.15, 0.2) is 12.2 Å². The highest BCUT2D eigenvalue weighted by Crippen LogP contribution is 2.58. The first-order valence-electron chi connectivity index (χ1n) is 8.54. The van der Waals surface area contributed by atoms with Crippen molar-refractivity contribution in [2.45, 2.75) is 64.8 Å². The predicted octanol–water partition coefficient (Wildman–Crippen LogP) is 3.92. The molecule has 0 aliphatic heterocycles. The molecule has 0 radical (unpaired) electrons. The minimum Gasteiger partial charge on any atom is -0.355 e. The zero-order valence-electron chi connectivity index (χ0n) is 13.0. The number of carbonyl (C=O) groups is 1. The van der Waals surface area contributed by atoms with Gasteiger partial charge in [0.25, 0.3) is 0 Å². The Morgan fingerprint density at radius 2 is 1.90 bits per heavy atom. The number of hydrogen-bond acceptors (Lipinski definition) is 1. The van der Waals surface area contributed by atoms with E-state index in [1.807, 2.05) is 0 Å². The van der Waals surface area contributed by atoms with Gasteiger partial charge in [0.15, 0.2) is 0 Å². The third-order valence-electron chi connectivity index (χ3n) is 6.77. The Kier molecular flexibility index (Phi) is 3.92. The van der Waals surface area contributed by atoms with Gasteiger partial charge in [-0.05, 0) is 62.7 Å². The SMILES string of the molecule is C/C=C\C1(C)C(NC=O)CCC2C3CCCC3CCC21. The second-order valence-corrected chi connectivity index (χ2v) is 7.48. The van der Waals surface area contributed by atoms with Gasteiger partial charge >= 0.3 is 0 Å².